The van der Waals surface area contributed by atoms with Crippen LogP contribution in [-0.2, 0) is 4.79 Å². The molecule has 0 aromatic carbocycles. The first-order valence-corrected chi connectivity index (χ1v) is 12.5. The average molecular weight is 505 g/mol. The Morgan fingerprint density at radius 2 is 2.03 bits per heavy atom. The fraction of sp³-hybridized carbons (Fsp3) is 0.320. The van der Waals surface area contributed by atoms with E-state index < -0.39 is 5.82 Å². The molecule has 184 valence electrons. The Bertz CT molecular complexity index is 1500. The summed E-state index contributed by atoms with van der Waals surface area (Å²) in [5.41, 5.74) is 9.53. The van der Waals surface area contributed by atoms with E-state index in [0.717, 1.165) is 54.3 Å². The van der Waals surface area contributed by atoms with Crippen LogP contribution in [0.15, 0.2) is 46.7 Å². The van der Waals surface area contributed by atoms with Crippen molar-refractivity contribution in [2.45, 2.75) is 61.5 Å². The summed E-state index contributed by atoms with van der Waals surface area (Å²) in [4.78, 5) is 16.2. The molecule has 0 aliphatic heterocycles. The SMILES string of the molecule is CC(=O)NC1CCC(n2ncc(-c3cc(Sc4nc(N)ccc4F)c4c(C#N)cnn4c3)c2C)CC1. The number of carbonyl (C=O) groups is 1. The van der Waals surface area contributed by atoms with Gasteiger partial charge in [0.25, 0.3) is 0 Å². The lowest BCUT2D eigenvalue weighted by Crippen LogP contribution is -2.36. The Kier molecular flexibility index (Phi) is 6.36. The monoisotopic (exact) mass is 504 g/mol. The molecule has 1 aliphatic carbocycles. The van der Waals surface area contributed by atoms with Crippen molar-refractivity contribution in [3.63, 3.8) is 0 Å². The maximum absolute atomic E-state index is 14.5. The highest BCUT2D eigenvalue weighted by Gasteiger charge is 2.25. The highest BCUT2D eigenvalue weighted by atomic mass is 32.2. The molecular formula is C25H25FN8OS. The van der Waals surface area contributed by atoms with Gasteiger partial charge in [-0.3, -0.25) is 9.48 Å². The van der Waals surface area contributed by atoms with E-state index in [1.807, 2.05) is 25.4 Å². The summed E-state index contributed by atoms with van der Waals surface area (Å²) in [5.74, 6) is -0.272. The number of halogens is 1. The van der Waals surface area contributed by atoms with Crippen LogP contribution in [0.3, 0.4) is 0 Å². The quantitative estimate of drug-likeness (QED) is 0.416. The number of pyridine rings is 2. The third kappa shape index (κ3) is 4.52. The minimum absolute atomic E-state index is 0.00604. The first kappa shape index (κ1) is 23.8. The standard InChI is InChI=1S/C25H25FN8OS/c1-14-20(12-30-34(14)19-5-3-18(4-6-19)31-15(2)35)16-9-22(24-17(10-27)11-29-33(24)13-16)36-25-21(26)7-8-23(28)32-25/h7-9,11-13,18-19H,3-6H2,1-2H3,(H2,28,32)(H,31,35). The summed E-state index contributed by atoms with van der Waals surface area (Å²) < 4.78 is 18.2. The molecule has 0 saturated heterocycles. The van der Waals surface area contributed by atoms with E-state index in [1.54, 1.807) is 11.4 Å². The number of nitrogens with two attached hydrogens (primary N) is 1. The van der Waals surface area contributed by atoms with E-state index in [4.69, 9.17) is 10.8 Å². The van der Waals surface area contributed by atoms with Crippen molar-refractivity contribution in [3.8, 4) is 17.2 Å². The fourth-order valence-electron chi connectivity index (χ4n) is 4.83. The third-order valence-electron chi connectivity index (χ3n) is 6.54. The van der Waals surface area contributed by atoms with Crippen molar-refractivity contribution >= 4 is 29.0 Å². The van der Waals surface area contributed by atoms with Crippen LogP contribution in [0.1, 0.15) is 49.9 Å². The van der Waals surface area contributed by atoms with Crippen LogP contribution in [0, 0.1) is 24.1 Å². The van der Waals surface area contributed by atoms with Gasteiger partial charge in [-0.1, -0.05) is 11.8 Å². The van der Waals surface area contributed by atoms with Gasteiger partial charge in [-0.05, 0) is 50.8 Å². The molecule has 0 radical (unpaired) electrons. The summed E-state index contributed by atoms with van der Waals surface area (Å²) in [6.45, 7) is 3.58. The first-order valence-electron chi connectivity index (χ1n) is 11.7. The Labute approximate surface area is 211 Å². The van der Waals surface area contributed by atoms with Crippen LogP contribution in [0.25, 0.3) is 16.6 Å². The number of hydrogen-bond acceptors (Lipinski definition) is 7. The van der Waals surface area contributed by atoms with Gasteiger partial charge in [0.05, 0.1) is 29.5 Å². The molecule has 9 nitrogen and oxygen atoms in total. The minimum Gasteiger partial charge on any atom is -0.384 e. The number of nitriles is 1. The molecule has 0 spiro atoms. The Morgan fingerprint density at radius 3 is 2.75 bits per heavy atom. The van der Waals surface area contributed by atoms with Crippen LogP contribution in [0.5, 0.6) is 0 Å². The number of nitrogens with one attached hydrogen (secondary N) is 1. The fourth-order valence-corrected chi connectivity index (χ4v) is 5.84. The van der Waals surface area contributed by atoms with E-state index >= 15 is 0 Å². The molecule has 0 atom stereocenters. The van der Waals surface area contributed by atoms with Crippen molar-refractivity contribution in [2.24, 2.45) is 0 Å². The molecule has 4 aromatic rings. The highest BCUT2D eigenvalue weighted by Crippen LogP contribution is 2.38. The number of aromatic nitrogens is 5. The van der Waals surface area contributed by atoms with Gasteiger partial charge in [0, 0.05) is 40.9 Å². The molecule has 1 saturated carbocycles. The summed E-state index contributed by atoms with van der Waals surface area (Å²) >= 11 is 1.11. The second-order valence-electron chi connectivity index (χ2n) is 8.98. The Hall–Kier alpha value is -3.91. The summed E-state index contributed by atoms with van der Waals surface area (Å²) in [5, 5.41) is 21.8. The van der Waals surface area contributed by atoms with E-state index in [0.29, 0.717) is 16.0 Å². The van der Waals surface area contributed by atoms with Gasteiger partial charge in [-0.25, -0.2) is 13.9 Å². The highest BCUT2D eigenvalue weighted by molar-refractivity contribution is 7.99. The molecule has 11 heteroatoms. The number of rotatable bonds is 5. The lowest BCUT2D eigenvalue weighted by molar-refractivity contribution is -0.119. The molecule has 3 N–H and O–H groups in total. The second kappa shape index (κ2) is 9.62. The minimum atomic E-state index is -0.491. The number of amides is 1. The van der Waals surface area contributed by atoms with Crippen LogP contribution in [0.2, 0.25) is 0 Å². The van der Waals surface area contributed by atoms with Crippen molar-refractivity contribution in [3.05, 3.63) is 53.9 Å². The summed E-state index contributed by atoms with van der Waals surface area (Å²) in [7, 11) is 0. The maximum Gasteiger partial charge on any atom is 0.217 e. The van der Waals surface area contributed by atoms with Crippen LogP contribution >= 0.6 is 11.8 Å². The van der Waals surface area contributed by atoms with Crippen LogP contribution < -0.4 is 11.1 Å². The van der Waals surface area contributed by atoms with Gasteiger partial charge in [0.15, 0.2) is 5.82 Å². The topological polar surface area (TPSA) is 127 Å². The zero-order valence-electron chi connectivity index (χ0n) is 19.9. The Morgan fingerprint density at radius 1 is 1.25 bits per heavy atom. The van der Waals surface area contributed by atoms with Crippen LogP contribution in [0.4, 0.5) is 10.2 Å². The summed E-state index contributed by atoms with van der Waals surface area (Å²) in [6, 6.07) is 7.22. The molecule has 4 aromatic heterocycles. The van der Waals surface area contributed by atoms with Gasteiger partial charge < -0.3 is 11.1 Å². The van der Waals surface area contributed by atoms with Crippen molar-refractivity contribution in [1.29, 1.82) is 5.26 Å². The molecule has 0 unspecified atom stereocenters. The van der Waals surface area contributed by atoms with E-state index in [2.05, 4.69) is 26.2 Å². The number of anilines is 1. The van der Waals surface area contributed by atoms with E-state index in [9.17, 15) is 14.4 Å². The van der Waals surface area contributed by atoms with E-state index in [-0.39, 0.29) is 28.8 Å². The second-order valence-corrected chi connectivity index (χ2v) is 10.0. The van der Waals surface area contributed by atoms with Crippen molar-refractivity contribution in [1.82, 2.24) is 29.7 Å². The van der Waals surface area contributed by atoms with Gasteiger partial charge in [0.2, 0.25) is 5.91 Å². The Balaban J connectivity index is 1.50. The lowest BCUT2D eigenvalue weighted by atomic mass is 9.91. The molecule has 36 heavy (non-hydrogen) atoms. The normalized spacial score (nSPS) is 17.7. The number of nitrogens with zero attached hydrogens (tertiary/aromatic N) is 6. The zero-order valence-corrected chi connectivity index (χ0v) is 20.7. The molecule has 5 rings (SSSR count). The van der Waals surface area contributed by atoms with Gasteiger partial charge in [0.1, 0.15) is 16.9 Å². The molecule has 1 aliphatic rings. The predicted octanol–water partition coefficient (Wildman–Crippen LogP) is 4.27. The number of fused-ring (bicyclic) bond motifs is 1. The molecule has 4 heterocycles. The average Bonchev–Trinajstić information content (AvgIpc) is 3.45. The molecule has 1 fully saturated rings. The van der Waals surface area contributed by atoms with Gasteiger partial charge in [-0.15, -0.1) is 0 Å². The van der Waals surface area contributed by atoms with Gasteiger partial charge in [-0.2, -0.15) is 15.5 Å². The largest absolute Gasteiger partial charge is 0.384 e. The van der Waals surface area contributed by atoms with Gasteiger partial charge >= 0.3 is 0 Å². The number of hydrogen-bond donors (Lipinski definition) is 2. The van der Waals surface area contributed by atoms with Crippen molar-refractivity contribution in [2.75, 3.05) is 5.73 Å². The lowest BCUT2D eigenvalue weighted by Gasteiger charge is -2.29. The smallest absolute Gasteiger partial charge is 0.217 e. The predicted molar refractivity (Wildman–Crippen MR) is 134 cm³/mol. The van der Waals surface area contributed by atoms with E-state index in [1.165, 1.54) is 18.3 Å². The maximum atomic E-state index is 14.5. The first-order chi connectivity index (χ1) is 17.3. The molecule has 0 bridgehead atoms. The number of nitrogen functional groups attached to an aromatic ring is 1. The third-order valence-corrected chi connectivity index (χ3v) is 7.56. The van der Waals surface area contributed by atoms with Crippen molar-refractivity contribution < 1.29 is 9.18 Å². The van der Waals surface area contributed by atoms with Crippen LogP contribution in [-0.4, -0.2) is 36.3 Å². The molecular weight excluding hydrogens is 479 g/mol. The zero-order chi connectivity index (χ0) is 25.4. The summed E-state index contributed by atoms with van der Waals surface area (Å²) in [6.07, 6.45) is 8.86. The number of carbonyl (C=O) groups excluding carboxylic acids is 1. The molecule has 1 amide bonds.